The SMILES string of the molecule is CC12CC3CC(C)(C1)CC(CNC(=O)COc1ccccc1)(C3)C2. The van der Waals surface area contributed by atoms with E-state index in [0.717, 1.165) is 18.2 Å². The summed E-state index contributed by atoms with van der Waals surface area (Å²) in [6, 6.07) is 9.55. The predicted octanol–water partition coefficient (Wildman–Crippen LogP) is 4.18. The van der Waals surface area contributed by atoms with E-state index in [1.165, 1.54) is 38.5 Å². The number of hydrogen-bond acceptors (Lipinski definition) is 2. The molecule has 4 aliphatic carbocycles. The van der Waals surface area contributed by atoms with Gasteiger partial charge in [-0.05, 0) is 72.8 Å². The summed E-state index contributed by atoms with van der Waals surface area (Å²) < 4.78 is 5.57. The Bertz CT molecular complexity index is 608. The van der Waals surface area contributed by atoms with Gasteiger partial charge in [-0.15, -0.1) is 0 Å². The smallest absolute Gasteiger partial charge is 0.257 e. The van der Waals surface area contributed by atoms with Gasteiger partial charge in [0.25, 0.3) is 5.91 Å². The Morgan fingerprint density at radius 2 is 1.75 bits per heavy atom. The molecule has 4 aliphatic rings. The fourth-order valence-corrected chi connectivity index (χ4v) is 6.88. The minimum atomic E-state index is 0.00454. The fourth-order valence-electron chi connectivity index (χ4n) is 6.88. The van der Waals surface area contributed by atoms with Crippen LogP contribution in [-0.2, 0) is 4.79 Å². The molecule has 0 radical (unpaired) electrons. The summed E-state index contributed by atoms with van der Waals surface area (Å²) in [4.78, 5) is 12.2. The van der Waals surface area contributed by atoms with Gasteiger partial charge in [0, 0.05) is 6.54 Å². The van der Waals surface area contributed by atoms with Crippen LogP contribution >= 0.6 is 0 Å². The second kappa shape index (κ2) is 5.50. The number of hydrogen-bond donors (Lipinski definition) is 1. The lowest BCUT2D eigenvalue weighted by Crippen LogP contribution is -2.58. The molecule has 0 aliphatic heterocycles. The minimum Gasteiger partial charge on any atom is -0.484 e. The lowest BCUT2D eigenvalue weighted by atomic mass is 9.40. The molecule has 4 bridgehead atoms. The molecule has 4 saturated carbocycles. The van der Waals surface area contributed by atoms with Crippen molar-refractivity contribution >= 4 is 5.91 Å². The molecule has 130 valence electrons. The molecule has 1 aromatic carbocycles. The molecule has 2 atom stereocenters. The van der Waals surface area contributed by atoms with E-state index in [-0.39, 0.29) is 12.5 Å². The topological polar surface area (TPSA) is 38.3 Å². The zero-order valence-corrected chi connectivity index (χ0v) is 14.9. The van der Waals surface area contributed by atoms with Crippen LogP contribution < -0.4 is 10.1 Å². The first-order valence-electron chi connectivity index (χ1n) is 9.32. The molecule has 0 spiro atoms. The Balaban J connectivity index is 1.35. The summed E-state index contributed by atoms with van der Waals surface area (Å²) in [6.07, 6.45) is 8.05. The van der Waals surface area contributed by atoms with Gasteiger partial charge in [-0.3, -0.25) is 4.79 Å². The highest BCUT2D eigenvalue weighted by Crippen LogP contribution is 2.69. The third-order valence-electron chi connectivity index (χ3n) is 6.52. The van der Waals surface area contributed by atoms with E-state index in [9.17, 15) is 4.79 Å². The molecule has 24 heavy (non-hydrogen) atoms. The molecule has 1 amide bonds. The van der Waals surface area contributed by atoms with Crippen molar-refractivity contribution in [1.82, 2.24) is 5.32 Å². The number of para-hydroxylation sites is 1. The number of rotatable bonds is 5. The van der Waals surface area contributed by atoms with E-state index in [2.05, 4.69) is 19.2 Å². The summed E-state index contributed by atoms with van der Waals surface area (Å²) in [5, 5.41) is 3.18. The second-order valence-electron chi connectivity index (χ2n) is 9.51. The highest BCUT2D eigenvalue weighted by atomic mass is 16.5. The maximum atomic E-state index is 12.2. The van der Waals surface area contributed by atoms with Crippen molar-refractivity contribution in [3.8, 4) is 5.75 Å². The molecule has 3 heteroatoms. The average molecular weight is 327 g/mol. The Labute approximate surface area is 145 Å². The largest absolute Gasteiger partial charge is 0.484 e. The summed E-state index contributed by atoms with van der Waals surface area (Å²) in [5.74, 6) is 1.63. The third-order valence-corrected chi connectivity index (χ3v) is 6.52. The number of amides is 1. The van der Waals surface area contributed by atoms with Gasteiger partial charge in [-0.1, -0.05) is 32.0 Å². The number of carbonyl (C=O) groups excluding carboxylic acids is 1. The maximum absolute atomic E-state index is 12.2. The van der Waals surface area contributed by atoms with Crippen molar-refractivity contribution in [3.05, 3.63) is 30.3 Å². The van der Waals surface area contributed by atoms with E-state index in [1.807, 2.05) is 30.3 Å². The summed E-state index contributed by atoms with van der Waals surface area (Å²) in [7, 11) is 0. The van der Waals surface area contributed by atoms with Gasteiger partial charge in [0.05, 0.1) is 0 Å². The van der Waals surface area contributed by atoms with Gasteiger partial charge in [-0.25, -0.2) is 0 Å². The second-order valence-corrected chi connectivity index (χ2v) is 9.51. The van der Waals surface area contributed by atoms with E-state index in [1.54, 1.807) is 0 Å². The molecule has 4 fully saturated rings. The molecule has 0 aromatic heterocycles. The van der Waals surface area contributed by atoms with Crippen LogP contribution in [0.15, 0.2) is 30.3 Å². The molecular formula is C21H29NO2. The maximum Gasteiger partial charge on any atom is 0.257 e. The summed E-state index contributed by atoms with van der Waals surface area (Å²) in [5.41, 5.74) is 1.32. The van der Waals surface area contributed by atoms with Gasteiger partial charge in [0.1, 0.15) is 5.75 Å². The highest BCUT2D eigenvalue weighted by molar-refractivity contribution is 5.77. The molecule has 5 rings (SSSR count). The van der Waals surface area contributed by atoms with Crippen molar-refractivity contribution in [2.75, 3.05) is 13.2 Å². The lowest BCUT2D eigenvalue weighted by Gasteiger charge is -2.65. The van der Waals surface area contributed by atoms with E-state index < -0.39 is 0 Å². The Morgan fingerprint density at radius 3 is 2.38 bits per heavy atom. The molecule has 0 saturated heterocycles. The normalized spacial score (nSPS) is 39.7. The number of ether oxygens (including phenoxy) is 1. The quantitative estimate of drug-likeness (QED) is 0.881. The zero-order valence-electron chi connectivity index (χ0n) is 14.9. The molecule has 0 heterocycles. The van der Waals surface area contributed by atoms with Crippen molar-refractivity contribution in [2.24, 2.45) is 22.2 Å². The first-order chi connectivity index (χ1) is 11.4. The molecule has 1 N–H and O–H groups in total. The van der Waals surface area contributed by atoms with Crippen LogP contribution in [-0.4, -0.2) is 19.1 Å². The number of benzene rings is 1. The van der Waals surface area contributed by atoms with Crippen LogP contribution in [0.25, 0.3) is 0 Å². The molecule has 2 unspecified atom stereocenters. The lowest BCUT2D eigenvalue weighted by molar-refractivity contribution is -0.147. The number of carbonyl (C=O) groups is 1. The number of nitrogens with one attached hydrogen (secondary N) is 1. The Morgan fingerprint density at radius 1 is 1.08 bits per heavy atom. The van der Waals surface area contributed by atoms with Crippen molar-refractivity contribution < 1.29 is 9.53 Å². The van der Waals surface area contributed by atoms with E-state index >= 15 is 0 Å². The van der Waals surface area contributed by atoms with Gasteiger partial charge < -0.3 is 10.1 Å². The molecular weight excluding hydrogens is 298 g/mol. The van der Waals surface area contributed by atoms with Gasteiger partial charge in [0.15, 0.2) is 6.61 Å². The van der Waals surface area contributed by atoms with Crippen LogP contribution in [0.3, 0.4) is 0 Å². The van der Waals surface area contributed by atoms with Gasteiger partial charge >= 0.3 is 0 Å². The first-order valence-corrected chi connectivity index (χ1v) is 9.32. The zero-order chi connectivity index (χ0) is 16.8. The van der Waals surface area contributed by atoms with Crippen LogP contribution in [0.4, 0.5) is 0 Å². The van der Waals surface area contributed by atoms with Crippen LogP contribution in [0.5, 0.6) is 5.75 Å². The van der Waals surface area contributed by atoms with Crippen LogP contribution in [0.2, 0.25) is 0 Å². The van der Waals surface area contributed by atoms with Crippen molar-refractivity contribution in [2.45, 2.75) is 52.4 Å². The molecule has 3 nitrogen and oxygen atoms in total. The summed E-state index contributed by atoms with van der Waals surface area (Å²) in [6.45, 7) is 5.89. The van der Waals surface area contributed by atoms with E-state index in [0.29, 0.717) is 16.2 Å². The Hall–Kier alpha value is -1.51. The average Bonchev–Trinajstić information content (AvgIpc) is 2.48. The minimum absolute atomic E-state index is 0.00454. The predicted molar refractivity (Wildman–Crippen MR) is 94.8 cm³/mol. The van der Waals surface area contributed by atoms with Gasteiger partial charge in [-0.2, -0.15) is 0 Å². The Kier molecular flexibility index (Phi) is 3.67. The standard InChI is InChI=1S/C21H29NO2/c1-19-8-16-9-20(2,12-19)14-21(10-16,13-19)15-22-18(23)11-24-17-6-4-3-5-7-17/h3-7,16H,8-15H2,1-2H3,(H,22,23). The molecule has 1 aromatic rings. The van der Waals surface area contributed by atoms with Crippen LogP contribution in [0, 0.1) is 22.2 Å². The van der Waals surface area contributed by atoms with E-state index in [4.69, 9.17) is 4.74 Å². The van der Waals surface area contributed by atoms with Crippen molar-refractivity contribution in [1.29, 1.82) is 0 Å². The monoisotopic (exact) mass is 327 g/mol. The van der Waals surface area contributed by atoms with Crippen molar-refractivity contribution in [3.63, 3.8) is 0 Å². The van der Waals surface area contributed by atoms with Gasteiger partial charge in [0.2, 0.25) is 0 Å². The highest BCUT2D eigenvalue weighted by Gasteiger charge is 2.59. The third kappa shape index (κ3) is 3.05. The fraction of sp³-hybridized carbons (Fsp3) is 0.667. The van der Waals surface area contributed by atoms with Crippen LogP contribution in [0.1, 0.15) is 52.4 Å². The first kappa shape index (κ1) is 16.0. The summed E-state index contributed by atoms with van der Waals surface area (Å²) >= 11 is 0.